The van der Waals surface area contributed by atoms with Gasteiger partial charge in [0.05, 0.1) is 16.2 Å². The lowest BCUT2D eigenvalue weighted by atomic mass is 10.2. The summed E-state index contributed by atoms with van der Waals surface area (Å²) in [5, 5.41) is 8.95. The van der Waals surface area contributed by atoms with Crippen molar-refractivity contribution in [3.8, 4) is 5.75 Å². The lowest BCUT2D eigenvalue weighted by Crippen LogP contribution is -2.27. The Labute approximate surface area is 162 Å². The van der Waals surface area contributed by atoms with Crippen LogP contribution in [0.15, 0.2) is 53.4 Å². The first-order chi connectivity index (χ1) is 12.8. The fourth-order valence-corrected chi connectivity index (χ4v) is 3.64. The molecular weight excluding hydrogens is 396 g/mol. The van der Waals surface area contributed by atoms with Gasteiger partial charge in [-0.05, 0) is 48.0 Å². The van der Waals surface area contributed by atoms with E-state index in [4.69, 9.17) is 17.3 Å². The van der Waals surface area contributed by atoms with Crippen molar-refractivity contribution in [3.63, 3.8) is 0 Å². The molecule has 1 amide bonds. The predicted octanol–water partition coefficient (Wildman–Crippen LogP) is 4.39. The Morgan fingerprint density at radius 2 is 1.78 bits per heavy atom. The number of alkyl halides is 2. The minimum atomic E-state index is -2.90. The van der Waals surface area contributed by atoms with Crippen molar-refractivity contribution >= 4 is 51.9 Å². The fraction of sp³-hybridized carbons (Fsp3) is 0.0556. The number of benzene rings is 2. The predicted molar refractivity (Wildman–Crippen MR) is 102 cm³/mol. The van der Waals surface area contributed by atoms with E-state index in [9.17, 15) is 18.4 Å². The Hall–Kier alpha value is -2.78. The van der Waals surface area contributed by atoms with E-state index in [1.807, 2.05) is 0 Å². The van der Waals surface area contributed by atoms with E-state index in [-0.39, 0.29) is 17.2 Å². The van der Waals surface area contributed by atoms with Crippen LogP contribution >= 0.6 is 24.0 Å². The Morgan fingerprint density at radius 1 is 1.15 bits per heavy atom. The molecule has 9 heteroatoms. The zero-order valence-corrected chi connectivity index (χ0v) is 15.1. The molecule has 1 N–H and O–H groups in total. The molecule has 0 spiro atoms. The van der Waals surface area contributed by atoms with Gasteiger partial charge >= 0.3 is 12.6 Å². The number of carbonyl (C=O) groups excluding carboxylic acids is 1. The number of thioether (sulfide) groups is 1. The average Bonchev–Trinajstić information content (AvgIpc) is 2.90. The van der Waals surface area contributed by atoms with Crippen LogP contribution in [-0.4, -0.2) is 27.9 Å². The number of nitrogens with zero attached hydrogens (tertiary/aromatic N) is 1. The SMILES string of the molecule is O=C(O)c1ccc(N2C(=O)C(=Cc3ccc(OC(F)F)cc3)SC2=S)cc1. The van der Waals surface area contributed by atoms with Gasteiger partial charge in [0.2, 0.25) is 0 Å². The first-order valence-corrected chi connectivity index (χ1v) is 8.74. The van der Waals surface area contributed by atoms with Gasteiger partial charge < -0.3 is 9.84 Å². The van der Waals surface area contributed by atoms with Gasteiger partial charge in [0, 0.05) is 0 Å². The molecule has 0 bridgehead atoms. The molecule has 2 aromatic rings. The molecule has 0 aromatic heterocycles. The van der Waals surface area contributed by atoms with E-state index in [1.54, 1.807) is 18.2 Å². The first-order valence-electron chi connectivity index (χ1n) is 7.51. The zero-order chi connectivity index (χ0) is 19.6. The van der Waals surface area contributed by atoms with Crippen LogP contribution in [0.2, 0.25) is 0 Å². The van der Waals surface area contributed by atoms with Gasteiger partial charge in [-0.25, -0.2) is 4.79 Å². The highest BCUT2D eigenvalue weighted by molar-refractivity contribution is 8.27. The topological polar surface area (TPSA) is 66.8 Å². The minimum Gasteiger partial charge on any atom is -0.478 e. The monoisotopic (exact) mass is 407 g/mol. The molecule has 0 aliphatic carbocycles. The van der Waals surface area contributed by atoms with Gasteiger partial charge in [0.25, 0.3) is 5.91 Å². The number of aromatic carboxylic acids is 1. The lowest BCUT2D eigenvalue weighted by Gasteiger charge is -2.14. The third-order valence-corrected chi connectivity index (χ3v) is 4.87. The van der Waals surface area contributed by atoms with E-state index in [0.29, 0.717) is 20.5 Å². The Bertz CT molecular complexity index is 927. The number of hydrogen-bond donors (Lipinski definition) is 1. The van der Waals surface area contributed by atoms with Crippen LogP contribution < -0.4 is 9.64 Å². The highest BCUT2D eigenvalue weighted by atomic mass is 32.2. The lowest BCUT2D eigenvalue weighted by molar-refractivity contribution is -0.113. The van der Waals surface area contributed by atoms with Gasteiger partial charge in [0.15, 0.2) is 4.32 Å². The van der Waals surface area contributed by atoms with Crippen LogP contribution in [-0.2, 0) is 4.79 Å². The second-order valence-electron chi connectivity index (χ2n) is 5.32. The molecule has 0 atom stereocenters. The number of hydrogen-bond acceptors (Lipinski definition) is 5. The maximum Gasteiger partial charge on any atom is 0.387 e. The van der Waals surface area contributed by atoms with Crippen LogP contribution in [0.1, 0.15) is 15.9 Å². The second kappa shape index (κ2) is 7.85. The van der Waals surface area contributed by atoms with Crippen molar-refractivity contribution in [3.05, 3.63) is 64.6 Å². The fourth-order valence-electron chi connectivity index (χ4n) is 2.34. The molecular formula is C18H11F2NO4S2. The van der Waals surface area contributed by atoms with Crippen molar-refractivity contribution in [2.24, 2.45) is 0 Å². The van der Waals surface area contributed by atoms with Gasteiger partial charge in [-0.1, -0.05) is 36.1 Å². The summed E-state index contributed by atoms with van der Waals surface area (Å²) in [5.41, 5.74) is 1.19. The van der Waals surface area contributed by atoms with Crippen molar-refractivity contribution < 1.29 is 28.2 Å². The van der Waals surface area contributed by atoms with Crippen LogP contribution in [0.3, 0.4) is 0 Å². The molecule has 1 fully saturated rings. The highest BCUT2D eigenvalue weighted by Gasteiger charge is 2.33. The van der Waals surface area contributed by atoms with Crippen molar-refractivity contribution in [2.75, 3.05) is 4.90 Å². The van der Waals surface area contributed by atoms with E-state index in [0.717, 1.165) is 11.8 Å². The number of anilines is 1. The Balaban J connectivity index is 1.80. The normalized spacial score (nSPS) is 15.7. The molecule has 1 aliphatic rings. The molecule has 3 rings (SSSR count). The zero-order valence-electron chi connectivity index (χ0n) is 13.5. The quantitative estimate of drug-likeness (QED) is 0.586. The molecule has 2 aromatic carbocycles. The van der Waals surface area contributed by atoms with E-state index in [2.05, 4.69) is 4.74 Å². The maximum atomic E-state index is 12.7. The number of amides is 1. The average molecular weight is 407 g/mol. The molecule has 0 radical (unpaired) electrons. The van der Waals surface area contributed by atoms with Crippen LogP contribution in [0.5, 0.6) is 5.75 Å². The standard InChI is InChI=1S/C18H11F2NO4S2/c19-17(20)25-13-7-1-10(2-8-13)9-14-15(22)21(18(26)27-14)12-5-3-11(4-6-12)16(23)24/h1-9,17H,(H,23,24). The van der Waals surface area contributed by atoms with Gasteiger partial charge in [-0.3, -0.25) is 9.69 Å². The summed E-state index contributed by atoms with van der Waals surface area (Å²) >= 11 is 6.35. The third kappa shape index (κ3) is 4.32. The van der Waals surface area contributed by atoms with Crippen LogP contribution in [0.25, 0.3) is 6.08 Å². The summed E-state index contributed by atoms with van der Waals surface area (Å²) in [6.07, 6.45) is 1.59. The van der Waals surface area contributed by atoms with Gasteiger partial charge in [-0.2, -0.15) is 8.78 Å². The first kappa shape index (κ1) is 19.0. The maximum absolute atomic E-state index is 12.7. The summed E-state index contributed by atoms with van der Waals surface area (Å²) in [5.74, 6) is -1.39. The summed E-state index contributed by atoms with van der Waals surface area (Å²) in [6, 6.07) is 11.6. The number of thiocarbonyl (C=S) groups is 1. The summed E-state index contributed by atoms with van der Waals surface area (Å²) < 4.78 is 29.0. The number of ether oxygens (including phenoxy) is 1. The van der Waals surface area contributed by atoms with E-state index in [1.165, 1.54) is 41.3 Å². The highest BCUT2D eigenvalue weighted by Crippen LogP contribution is 2.36. The van der Waals surface area contributed by atoms with Crippen molar-refractivity contribution in [1.82, 2.24) is 0 Å². The van der Waals surface area contributed by atoms with E-state index >= 15 is 0 Å². The second-order valence-corrected chi connectivity index (χ2v) is 6.99. The smallest absolute Gasteiger partial charge is 0.387 e. The van der Waals surface area contributed by atoms with E-state index < -0.39 is 12.6 Å². The molecule has 138 valence electrons. The third-order valence-electron chi connectivity index (χ3n) is 3.57. The molecule has 27 heavy (non-hydrogen) atoms. The number of carboxylic acid groups (broad SMARTS) is 1. The van der Waals surface area contributed by atoms with Crippen LogP contribution in [0, 0.1) is 0 Å². The minimum absolute atomic E-state index is 0.0215. The van der Waals surface area contributed by atoms with Gasteiger partial charge in [0.1, 0.15) is 5.75 Å². The summed E-state index contributed by atoms with van der Waals surface area (Å²) in [4.78, 5) is 25.3. The summed E-state index contributed by atoms with van der Waals surface area (Å²) in [6.45, 7) is -2.90. The number of carbonyl (C=O) groups is 2. The molecule has 0 unspecified atom stereocenters. The van der Waals surface area contributed by atoms with Crippen molar-refractivity contribution in [2.45, 2.75) is 6.61 Å². The molecule has 5 nitrogen and oxygen atoms in total. The van der Waals surface area contributed by atoms with Crippen LogP contribution in [0.4, 0.5) is 14.5 Å². The largest absolute Gasteiger partial charge is 0.478 e. The number of carboxylic acids is 1. The number of halogens is 2. The Kier molecular flexibility index (Phi) is 5.52. The van der Waals surface area contributed by atoms with Crippen molar-refractivity contribution in [1.29, 1.82) is 0 Å². The summed E-state index contributed by atoms with van der Waals surface area (Å²) in [7, 11) is 0. The number of rotatable bonds is 5. The molecule has 1 heterocycles. The van der Waals surface area contributed by atoms with Gasteiger partial charge in [-0.15, -0.1) is 0 Å². The molecule has 0 saturated carbocycles. The molecule has 1 saturated heterocycles. The molecule has 1 aliphatic heterocycles. The Morgan fingerprint density at radius 3 is 2.33 bits per heavy atom.